The molecule has 0 unspecified atom stereocenters. The molecule has 6 nitrogen and oxygen atoms in total. The van der Waals surface area contributed by atoms with Crippen LogP contribution in [-0.2, 0) is 4.74 Å². The van der Waals surface area contributed by atoms with Crippen molar-refractivity contribution < 1.29 is 19.0 Å². The molecule has 1 aliphatic rings. The first kappa shape index (κ1) is 17.2. The van der Waals surface area contributed by atoms with Crippen molar-refractivity contribution in [1.29, 1.82) is 0 Å². The molecule has 1 aromatic heterocycles. The van der Waals surface area contributed by atoms with Crippen LogP contribution in [-0.4, -0.2) is 50.5 Å². The van der Waals surface area contributed by atoms with Crippen molar-refractivity contribution in [2.24, 2.45) is 0 Å². The second-order valence-corrected chi connectivity index (χ2v) is 6.41. The Bertz CT molecular complexity index is 714. The first-order chi connectivity index (χ1) is 11.6. The molecule has 2 heterocycles. The molecule has 1 saturated heterocycles. The van der Waals surface area contributed by atoms with Crippen LogP contribution in [0, 0.1) is 0 Å². The van der Waals surface area contributed by atoms with E-state index in [0.29, 0.717) is 27.9 Å². The van der Waals surface area contributed by atoms with Crippen molar-refractivity contribution in [1.82, 2.24) is 10.5 Å². The van der Waals surface area contributed by atoms with Crippen molar-refractivity contribution in [2.75, 3.05) is 39.4 Å². The van der Waals surface area contributed by atoms with Gasteiger partial charge >= 0.3 is 0 Å². The van der Waals surface area contributed by atoms with Crippen LogP contribution < -0.4 is 10.2 Å². The highest BCUT2D eigenvalue weighted by atomic mass is 35.5. The molecule has 3 rings (SSSR count). The summed E-state index contributed by atoms with van der Waals surface area (Å²) in [5.41, 5.74) is 0.873. The molecule has 24 heavy (non-hydrogen) atoms. The summed E-state index contributed by atoms with van der Waals surface area (Å²) in [7, 11) is 0. The van der Waals surface area contributed by atoms with E-state index in [2.05, 4.69) is 10.5 Å². The van der Waals surface area contributed by atoms with Gasteiger partial charge in [-0.05, 0) is 18.2 Å². The minimum atomic E-state index is -0.261. The third kappa shape index (κ3) is 4.27. The maximum atomic E-state index is 12.1. The van der Waals surface area contributed by atoms with Gasteiger partial charge in [-0.1, -0.05) is 28.4 Å². The van der Waals surface area contributed by atoms with Crippen molar-refractivity contribution in [3.05, 3.63) is 40.0 Å². The molecular weight excluding hydrogens is 353 g/mol. The minimum Gasteiger partial charge on any atom is -0.370 e. The van der Waals surface area contributed by atoms with E-state index in [1.807, 2.05) is 0 Å². The van der Waals surface area contributed by atoms with Gasteiger partial charge in [0.2, 0.25) is 0 Å². The lowest BCUT2D eigenvalue weighted by Crippen LogP contribution is -3.14. The number of nitrogens with one attached hydrogen (secondary N) is 2. The van der Waals surface area contributed by atoms with Gasteiger partial charge in [-0.2, -0.15) is 0 Å². The molecule has 1 fully saturated rings. The molecule has 0 aliphatic carbocycles. The number of hydrogen-bond donors (Lipinski definition) is 2. The van der Waals surface area contributed by atoms with E-state index < -0.39 is 0 Å². The number of amides is 1. The molecule has 2 N–H and O–H groups in total. The fourth-order valence-corrected chi connectivity index (χ4v) is 3.05. The van der Waals surface area contributed by atoms with E-state index in [4.69, 9.17) is 32.5 Å². The molecule has 2 aromatic rings. The van der Waals surface area contributed by atoms with Crippen LogP contribution in [0.5, 0.6) is 0 Å². The zero-order valence-electron chi connectivity index (χ0n) is 13.0. The lowest BCUT2D eigenvalue weighted by molar-refractivity contribution is -0.906. The molecule has 8 heteroatoms. The lowest BCUT2D eigenvalue weighted by atomic mass is 10.1. The van der Waals surface area contributed by atoms with Crippen LogP contribution >= 0.6 is 23.2 Å². The summed E-state index contributed by atoms with van der Waals surface area (Å²) in [6.45, 7) is 4.94. The Labute approximate surface area is 149 Å². The van der Waals surface area contributed by atoms with Crippen molar-refractivity contribution in [2.45, 2.75) is 0 Å². The van der Waals surface area contributed by atoms with Crippen molar-refractivity contribution in [3.63, 3.8) is 0 Å². The number of benzene rings is 1. The van der Waals surface area contributed by atoms with Gasteiger partial charge in [-0.15, -0.1) is 0 Å². The average molecular weight is 371 g/mol. The smallest absolute Gasteiger partial charge is 0.273 e. The van der Waals surface area contributed by atoms with E-state index in [1.54, 1.807) is 24.3 Å². The number of rotatable bonds is 5. The Morgan fingerprint density at radius 3 is 2.79 bits per heavy atom. The molecule has 0 radical (unpaired) electrons. The Balaban J connectivity index is 1.57. The number of quaternary nitrogens is 1. The molecule has 128 valence electrons. The first-order valence-electron chi connectivity index (χ1n) is 7.75. The molecular formula is C16H18Cl2N3O3+. The molecule has 1 aromatic carbocycles. The van der Waals surface area contributed by atoms with Gasteiger partial charge in [-0.25, -0.2) is 0 Å². The van der Waals surface area contributed by atoms with Crippen LogP contribution in [0.4, 0.5) is 0 Å². The van der Waals surface area contributed by atoms with Gasteiger partial charge in [0.25, 0.3) is 5.91 Å². The van der Waals surface area contributed by atoms with Gasteiger partial charge in [0.15, 0.2) is 11.5 Å². The van der Waals surface area contributed by atoms with Crippen molar-refractivity contribution >= 4 is 29.1 Å². The third-order valence-corrected chi connectivity index (χ3v) is 4.45. The summed E-state index contributed by atoms with van der Waals surface area (Å²) in [6.07, 6.45) is 0. The Hall–Kier alpha value is -1.60. The number of carbonyl (C=O) groups excluding carboxylic acids is 1. The highest BCUT2D eigenvalue weighted by Gasteiger charge is 2.17. The minimum absolute atomic E-state index is 0.230. The number of halogens is 2. The number of carbonyl (C=O) groups is 1. The van der Waals surface area contributed by atoms with E-state index in [9.17, 15) is 4.79 Å². The fraction of sp³-hybridized carbons (Fsp3) is 0.375. The molecule has 0 atom stereocenters. The summed E-state index contributed by atoms with van der Waals surface area (Å²) < 4.78 is 10.5. The van der Waals surface area contributed by atoms with Crippen LogP contribution in [0.3, 0.4) is 0 Å². The highest BCUT2D eigenvalue weighted by molar-refractivity contribution is 6.36. The Morgan fingerprint density at radius 1 is 1.25 bits per heavy atom. The lowest BCUT2D eigenvalue weighted by Gasteiger charge is -2.23. The summed E-state index contributed by atoms with van der Waals surface area (Å²) in [4.78, 5) is 13.6. The Morgan fingerprint density at radius 2 is 2.04 bits per heavy atom. The molecule has 0 spiro atoms. The molecule has 0 saturated carbocycles. The van der Waals surface area contributed by atoms with Crippen LogP contribution in [0.1, 0.15) is 10.5 Å². The zero-order chi connectivity index (χ0) is 16.9. The van der Waals surface area contributed by atoms with Gasteiger partial charge in [0, 0.05) is 16.7 Å². The topological polar surface area (TPSA) is 68.8 Å². The maximum absolute atomic E-state index is 12.1. The second kappa shape index (κ2) is 7.98. The monoisotopic (exact) mass is 370 g/mol. The summed E-state index contributed by atoms with van der Waals surface area (Å²) in [5, 5.41) is 7.65. The summed E-state index contributed by atoms with van der Waals surface area (Å²) in [5.74, 6) is 0.170. The van der Waals surface area contributed by atoms with Gasteiger partial charge in [0.05, 0.1) is 31.3 Å². The SMILES string of the molecule is O=C(NCC[NH+]1CCOCC1)c1cc(-c2ccc(Cl)cc2Cl)on1. The van der Waals surface area contributed by atoms with Crippen LogP contribution in [0.15, 0.2) is 28.8 Å². The molecule has 1 amide bonds. The normalized spacial score (nSPS) is 15.4. The standard InChI is InChI=1S/C16H17Cl2N3O3/c17-11-1-2-12(13(18)9-11)15-10-14(20-24-15)16(22)19-3-4-21-5-7-23-8-6-21/h1-2,9-10H,3-8H2,(H,19,22)/p+1. The molecule has 0 bridgehead atoms. The van der Waals surface area contributed by atoms with E-state index in [1.165, 1.54) is 4.90 Å². The largest absolute Gasteiger partial charge is 0.370 e. The summed E-state index contributed by atoms with van der Waals surface area (Å²) >= 11 is 12.0. The predicted octanol–water partition coefficient (Wildman–Crippen LogP) is 1.29. The number of aromatic nitrogens is 1. The number of morpholine rings is 1. The fourth-order valence-electron chi connectivity index (χ4n) is 2.55. The second-order valence-electron chi connectivity index (χ2n) is 5.57. The van der Waals surface area contributed by atoms with Gasteiger partial charge in [0.1, 0.15) is 13.1 Å². The first-order valence-corrected chi connectivity index (χ1v) is 8.51. The third-order valence-electron chi connectivity index (χ3n) is 3.90. The quantitative estimate of drug-likeness (QED) is 0.831. The summed E-state index contributed by atoms with van der Waals surface area (Å²) in [6, 6.07) is 6.63. The number of nitrogens with zero attached hydrogens (tertiary/aromatic N) is 1. The predicted molar refractivity (Wildman–Crippen MR) is 90.7 cm³/mol. The van der Waals surface area contributed by atoms with Crippen molar-refractivity contribution in [3.8, 4) is 11.3 Å². The van der Waals surface area contributed by atoms with Gasteiger partial charge in [-0.3, -0.25) is 4.79 Å². The van der Waals surface area contributed by atoms with E-state index in [0.717, 1.165) is 32.8 Å². The zero-order valence-corrected chi connectivity index (χ0v) is 14.5. The average Bonchev–Trinajstić information content (AvgIpc) is 3.05. The van der Waals surface area contributed by atoms with E-state index in [-0.39, 0.29) is 11.6 Å². The van der Waals surface area contributed by atoms with Crippen LogP contribution in [0.2, 0.25) is 10.0 Å². The Kier molecular flexibility index (Phi) is 5.73. The van der Waals surface area contributed by atoms with Crippen LogP contribution in [0.25, 0.3) is 11.3 Å². The number of hydrogen-bond acceptors (Lipinski definition) is 4. The van der Waals surface area contributed by atoms with E-state index >= 15 is 0 Å². The van der Waals surface area contributed by atoms with Gasteiger partial charge < -0.3 is 19.5 Å². The highest BCUT2D eigenvalue weighted by Crippen LogP contribution is 2.30. The molecule has 1 aliphatic heterocycles. The maximum Gasteiger partial charge on any atom is 0.273 e. The number of ether oxygens (including phenoxy) is 1.